The van der Waals surface area contributed by atoms with Crippen molar-refractivity contribution in [3.8, 4) is 11.4 Å². The zero-order chi connectivity index (χ0) is 40.0. The van der Waals surface area contributed by atoms with Gasteiger partial charge in [0, 0.05) is 22.1 Å². The standard InChI is InChI=1S/C22H24N4O5.C17H16N4O3.ClH/c1-13-6-5-7-16(10-13)26-17-11-15(9-8-14(17)12-23-26)24-19(27)18(20(28)29)25-21(30)31-22(2,3)4;1-10-3-2-4-13(7-10)21-14-8-12(6-5-11(14)9-19-21)20-16(22)15(18)17(23)24;/h5-12,18H,1-4H3,(H,24,27)(H,25,30)(H,28,29);2-9,15H,18H2,1H3,(H,20,22)(H,23,24);1H. The van der Waals surface area contributed by atoms with E-state index in [0.717, 1.165) is 44.3 Å². The summed E-state index contributed by atoms with van der Waals surface area (Å²) in [5.74, 6) is -4.56. The molecule has 6 aromatic rings. The number of nitrogens with two attached hydrogens (primary N) is 1. The van der Waals surface area contributed by atoms with Crippen LogP contribution in [-0.4, -0.2) is 77.3 Å². The van der Waals surface area contributed by atoms with Crippen LogP contribution in [0, 0.1) is 13.8 Å². The number of nitrogens with one attached hydrogen (secondary N) is 3. The maximum atomic E-state index is 12.5. The molecule has 0 aliphatic carbocycles. The summed E-state index contributed by atoms with van der Waals surface area (Å²) in [4.78, 5) is 58.5. The zero-order valence-electron chi connectivity index (χ0n) is 31.0. The van der Waals surface area contributed by atoms with Crippen molar-refractivity contribution in [2.45, 2.75) is 52.3 Å². The molecular weight excluding hydrogens is 744 g/mol. The van der Waals surface area contributed by atoms with Gasteiger partial charge in [0.05, 0.1) is 34.8 Å². The van der Waals surface area contributed by atoms with E-state index in [0.29, 0.717) is 11.4 Å². The van der Waals surface area contributed by atoms with Crippen molar-refractivity contribution in [1.29, 1.82) is 0 Å². The third-order valence-corrected chi connectivity index (χ3v) is 7.89. The molecule has 4 aromatic carbocycles. The lowest BCUT2D eigenvalue weighted by atomic mass is 10.2. The van der Waals surface area contributed by atoms with Crippen molar-refractivity contribution in [3.63, 3.8) is 0 Å². The second kappa shape index (κ2) is 17.6. The molecule has 6 rings (SSSR count). The van der Waals surface area contributed by atoms with Crippen molar-refractivity contribution in [1.82, 2.24) is 24.9 Å². The lowest BCUT2D eigenvalue weighted by Crippen LogP contribution is -2.50. The number of halogens is 1. The number of alkyl carbamates (subject to hydrolysis) is 1. The van der Waals surface area contributed by atoms with Crippen LogP contribution in [0.25, 0.3) is 33.2 Å². The van der Waals surface area contributed by atoms with Crippen LogP contribution >= 0.6 is 12.4 Å². The number of hydrogen-bond acceptors (Lipinski definition) is 9. The molecule has 16 nitrogen and oxygen atoms in total. The smallest absolute Gasteiger partial charge is 0.408 e. The summed E-state index contributed by atoms with van der Waals surface area (Å²) in [5, 5.41) is 35.8. The first-order valence-electron chi connectivity index (χ1n) is 16.9. The zero-order valence-corrected chi connectivity index (χ0v) is 31.8. The van der Waals surface area contributed by atoms with Crippen LogP contribution in [0.15, 0.2) is 97.3 Å². The SMILES string of the molecule is Cc1cccc(-n2ncc3ccc(NC(=O)C(N)C(=O)O)cc32)c1.Cc1cccc(-n2ncc3ccc(NC(=O)C(NC(=O)OC(C)(C)C)C(=O)O)cc32)c1.Cl. The maximum Gasteiger partial charge on any atom is 0.408 e. The molecule has 17 heteroatoms. The Labute approximate surface area is 327 Å². The predicted octanol–water partition coefficient (Wildman–Crippen LogP) is 5.36. The molecule has 0 aliphatic rings. The van der Waals surface area contributed by atoms with Gasteiger partial charge in [0.25, 0.3) is 11.8 Å². The molecule has 0 bridgehead atoms. The van der Waals surface area contributed by atoms with E-state index >= 15 is 0 Å². The van der Waals surface area contributed by atoms with Crippen molar-refractivity contribution in [2.24, 2.45) is 5.73 Å². The number of aryl methyl sites for hydroxylation is 2. The third kappa shape index (κ3) is 10.5. The largest absolute Gasteiger partial charge is 0.480 e. The van der Waals surface area contributed by atoms with Crippen LogP contribution < -0.4 is 21.7 Å². The maximum absolute atomic E-state index is 12.5. The number of benzene rings is 4. The summed E-state index contributed by atoms with van der Waals surface area (Å²) in [6, 6.07) is 22.5. The molecular formula is C39H41ClN8O8. The normalized spacial score (nSPS) is 12.0. The summed E-state index contributed by atoms with van der Waals surface area (Å²) in [5.41, 5.74) is 10.8. The van der Waals surface area contributed by atoms with Gasteiger partial charge in [-0.2, -0.15) is 10.2 Å². The van der Waals surface area contributed by atoms with Gasteiger partial charge in [-0.25, -0.2) is 23.7 Å². The average molecular weight is 785 g/mol. The van der Waals surface area contributed by atoms with Gasteiger partial charge in [-0.15, -0.1) is 12.4 Å². The van der Waals surface area contributed by atoms with Gasteiger partial charge in [0.15, 0.2) is 6.04 Å². The number of ether oxygens (including phenoxy) is 1. The van der Waals surface area contributed by atoms with Crippen molar-refractivity contribution in [2.75, 3.05) is 10.6 Å². The molecule has 0 saturated heterocycles. The lowest BCUT2D eigenvalue weighted by molar-refractivity contribution is -0.143. The van der Waals surface area contributed by atoms with E-state index in [1.54, 1.807) is 78.9 Å². The molecule has 3 amide bonds. The number of carbonyl (C=O) groups excluding carboxylic acids is 3. The molecule has 2 heterocycles. The molecule has 292 valence electrons. The molecule has 0 fully saturated rings. The summed E-state index contributed by atoms with van der Waals surface area (Å²) in [6.45, 7) is 8.87. The van der Waals surface area contributed by atoms with E-state index in [1.807, 2.05) is 62.4 Å². The molecule has 0 radical (unpaired) electrons. The highest BCUT2D eigenvalue weighted by atomic mass is 35.5. The molecule has 2 unspecified atom stereocenters. The van der Waals surface area contributed by atoms with Gasteiger partial charge in [-0.1, -0.05) is 24.3 Å². The fourth-order valence-corrected chi connectivity index (χ4v) is 5.33. The Hall–Kier alpha value is -6.78. The van der Waals surface area contributed by atoms with Crippen LogP contribution in [0.2, 0.25) is 0 Å². The minimum atomic E-state index is -1.81. The van der Waals surface area contributed by atoms with Crippen molar-refractivity contribution >= 4 is 75.4 Å². The number of nitrogens with zero attached hydrogens (tertiary/aromatic N) is 4. The van der Waals surface area contributed by atoms with E-state index in [4.69, 9.17) is 15.6 Å². The first-order valence-corrected chi connectivity index (χ1v) is 16.9. The number of amides is 3. The average Bonchev–Trinajstić information content (AvgIpc) is 3.73. The van der Waals surface area contributed by atoms with Crippen molar-refractivity contribution in [3.05, 3.63) is 108 Å². The predicted molar refractivity (Wildman–Crippen MR) is 213 cm³/mol. The quantitative estimate of drug-likeness (QED) is 0.102. The minimum absolute atomic E-state index is 0. The van der Waals surface area contributed by atoms with E-state index < -0.39 is 47.5 Å². The monoisotopic (exact) mass is 784 g/mol. The summed E-state index contributed by atoms with van der Waals surface area (Å²) < 4.78 is 8.52. The van der Waals surface area contributed by atoms with Crippen LogP contribution in [0.4, 0.5) is 16.2 Å². The van der Waals surface area contributed by atoms with E-state index in [2.05, 4.69) is 26.1 Å². The highest BCUT2D eigenvalue weighted by molar-refractivity contribution is 6.10. The fraction of sp³-hybridized carbons (Fsp3) is 0.205. The van der Waals surface area contributed by atoms with E-state index in [1.165, 1.54) is 0 Å². The summed E-state index contributed by atoms with van der Waals surface area (Å²) in [6.07, 6.45) is 2.43. The molecule has 7 N–H and O–H groups in total. The number of rotatable bonds is 9. The topological polar surface area (TPSA) is 233 Å². The van der Waals surface area contributed by atoms with Gasteiger partial charge in [-0.05, 0) is 106 Å². The number of carboxylic acid groups (broad SMARTS) is 2. The Kier molecular flexibility index (Phi) is 13.2. The van der Waals surface area contributed by atoms with Crippen molar-refractivity contribution < 1.29 is 38.9 Å². The number of anilines is 2. The number of aliphatic carboxylic acids is 2. The number of aromatic nitrogens is 4. The Morgan fingerprint density at radius 2 is 1.16 bits per heavy atom. The molecule has 0 aliphatic heterocycles. The highest BCUT2D eigenvalue weighted by Crippen LogP contribution is 2.24. The van der Waals surface area contributed by atoms with E-state index in [-0.39, 0.29) is 12.4 Å². The molecule has 0 saturated carbocycles. The van der Waals surface area contributed by atoms with Gasteiger partial charge in [-0.3, -0.25) is 14.9 Å². The van der Waals surface area contributed by atoms with Crippen LogP contribution in [0.1, 0.15) is 31.9 Å². The van der Waals surface area contributed by atoms with Crippen LogP contribution in [-0.2, 0) is 23.9 Å². The molecule has 0 spiro atoms. The minimum Gasteiger partial charge on any atom is -0.480 e. The fourth-order valence-electron chi connectivity index (χ4n) is 5.33. The number of carboxylic acids is 2. The highest BCUT2D eigenvalue weighted by Gasteiger charge is 2.30. The number of hydrogen-bond donors (Lipinski definition) is 6. The second-order valence-corrected chi connectivity index (χ2v) is 13.5. The molecule has 56 heavy (non-hydrogen) atoms. The Morgan fingerprint density at radius 1 is 0.696 bits per heavy atom. The Morgan fingerprint density at radius 3 is 1.57 bits per heavy atom. The first-order chi connectivity index (χ1) is 26.0. The number of carbonyl (C=O) groups is 5. The first kappa shape index (κ1) is 42.0. The van der Waals surface area contributed by atoms with Gasteiger partial charge in [0.1, 0.15) is 5.60 Å². The van der Waals surface area contributed by atoms with Crippen LogP contribution in [0.5, 0.6) is 0 Å². The van der Waals surface area contributed by atoms with Gasteiger partial charge >= 0.3 is 18.0 Å². The Bertz CT molecular complexity index is 2420. The summed E-state index contributed by atoms with van der Waals surface area (Å²) in [7, 11) is 0. The van der Waals surface area contributed by atoms with E-state index in [9.17, 15) is 29.1 Å². The third-order valence-electron chi connectivity index (χ3n) is 7.89. The summed E-state index contributed by atoms with van der Waals surface area (Å²) >= 11 is 0. The van der Waals surface area contributed by atoms with Gasteiger partial charge < -0.3 is 31.3 Å². The Balaban J connectivity index is 0.000000252. The van der Waals surface area contributed by atoms with Crippen LogP contribution in [0.3, 0.4) is 0 Å². The second-order valence-electron chi connectivity index (χ2n) is 13.5. The van der Waals surface area contributed by atoms with Gasteiger partial charge in [0.2, 0.25) is 6.04 Å². The number of fused-ring (bicyclic) bond motifs is 2. The molecule has 2 aromatic heterocycles. The lowest BCUT2D eigenvalue weighted by Gasteiger charge is -2.21. The molecule has 2 atom stereocenters.